The highest BCUT2D eigenvalue weighted by Crippen LogP contribution is 2.29. The molecule has 3 rings (SSSR count). The number of hydrogen-bond acceptors (Lipinski definition) is 2. The van der Waals surface area contributed by atoms with Crippen LogP contribution < -0.4 is 5.32 Å². The minimum absolute atomic E-state index is 0.635. The van der Waals surface area contributed by atoms with Crippen molar-refractivity contribution in [2.24, 2.45) is 11.8 Å². The molecule has 0 spiro atoms. The van der Waals surface area contributed by atoms with Crippen LogP contribution in [0.5, 0.6) is 0 Å². The number of hydrogen-bond donors (Lipinski definition) is 1. The largest absolute Gasteiger partial charge is 0.308 e. The molecule has 0 bridgehead atoms. The van der Waals surface area contributed by atoms with E-state index in [-0.39, 0.29) is 0 Å². The van der Waals surface area contributed by atoms with Crippen molar-refractivity contribution < 1.29 is 0 Å². The summed E-state index contributed by atoms with van der Waals surface area (Å²) in [5.74, 6) is 1.59. The fourth-order valence-electron chi connectivity index (χ4n) is 3.29. The lowest BCUT2D eigenvalue weighted by molar-refractivity contribution is 0.205. The van der Waals surface area contributed by atoms with E-state index < -0.39 is 0 Å². The lowest BCUT2D eigenvalue weighted by Gasteiger charge is -2.34. The van der Waals surface area contributed by atoms with E-state index in [0.717, 1.165) is 29.8 Å². The molecule has 1 aliphatic carbocycles. The van der Waals surface area contributed by atoms with Gasteiger partial charge < -0.3 is 5.32 Å². The maximum Gasteiger partial charge on any atom is 0.0766 e. The van der Waals surface area contributed by atoms with Crippen molar-refractivity contribution in [3.8, 4) is 5.69 Å². The van der Waals surface area contributed by atoms with Crippen LogP contribution in [0, 0.1) is 11.8 Å². The Hall–Kier alpha value is -1.61. The van der Waals surface area contributed by atoms with Gasteiger partial charge in [0.1, 0.15) is 0 Å². The van der Waals surface area contributed by atoms with Crippen LogP contribution in [0.25, 0.3) is 5.69 Å². The summed E-state index contributed by atoms with van der Waals surface area (Å²) in [4.78, 5) is 0. The highest BCUT2D eigenvalue weighted by molar-refractivity contribution is 5.30. The second-order valence-electron chi connectivity index (χ2n) is 6.34. The molecular weight excluding hydrogens is 258 g/mol. The van der Waals surface area contributed by atoms with Crippen LogP contribution in [0.3, 0.4) is 0 Å². The second kappa shape index (κ2) is 6.44. The zero-order valence-electron chi connectivity index (χ0n) is 13.0. The third-order valence-electron chi connectivity index (χ3n) is 4.92. The zero-order chi connectivity index (χ0) is 14.7. The number of aromatic nitrogens is 2. The summed E-state index contributed by atoms with van der Waals surface area (Å²) in [7, 11) is 0. The number of nitrogens with one attached hydrogen (secondary N) is 1. The van der Waals surface area contributed by atoms with Crippen molar-refractivity contribution in [2.45, 2.75) is 45.7 Å². The Kier molecular flexibility index (Phi) is 4.39. The van der Waals surface area contributed by atoms with Crippen LogP contribution in [0.1, 0.15) is 38.8 Å². The first-order chi connectivity index (χ1) is 10.2. The zero-order valence-corrected chi connectivity index (χ0v) is 13.0. The number of rotatable bonds is 4. The Morgan fingerprint density at radius 2 is 1.95 bits per heavy atom. The summed E-state index contributed by atoms with van der Waals surface area (Å²) < 4.78 is 1.95. The Balaban J connectivity index is 1.60. The molecule has 1 saturated carbocycles. The second-order valence-corrected chi connectivity index (χ2v) is 6.34. The highest BCUT2D eigenvalue weighted by Gasteiger charge is 2.26. The van der Waals surface area contributed by atoms with E-state index in [1.165, 1.54) is 19.3 Å². The Morgan fingerprint density at radius 3 is 2.76 bits per heavy atom. The average Bonchev–Trinajstić information content (AvgIpc) is 2.99. The molecular formula is C18H25N3. The predicted octanol–water partition coefficient (Wildman–Crippen LogP) is 3.79. The molecule has 3 heteroatoms. The molecule has 21 heavy (non-hydrogen) atoms. The van der Waals surface area contributed by atoms with Crippen LogP contribution >= 0.6 is 0 Å². The van der Waals surface area contributed by atoms with Gasteiger partial charge in [-0.2, -0.15) is 5.10 Å². The van der Waals surface area contributed by atoms with E-state index in [0.29, 0.717) is 6.04 Å². The topological polar surface area (TPSA) is 29.9 Å². The van der Waals surface area contributed by atoms with Gasteiger partial charge in [-0.05, 0) is 36.5 Å². The van der Waals surface area contributed by atoms with Crippen molar-refractivity contribution in [1.29, 1.82) is 0 Å². The quantitative estimate of drug-likeness (QED) is 0.925. The molecule has 3 atom stereocenters. The Labute approximate surface area is 127 Å². The standard InChI is InChI=1S/C18H25N3/c1-14-7-6-10-18(15(14)2)19-13-16-11-12-21(20-16)17-8-4-3-5-9-17/h3-5,8-9,11-12,14-15,18-19H,6-7,10,13H2,1-2H3. The summed E-state index contributed by atoms with van der Waals surface area (Å²) in [5.41, 5.74) is 2.23. The minimum Gasteiger partial charge on any atom is -0.308 e. The Morgan fingerprint density at radius 1 is 1.14 bits per heavy atom. The molecule has 3 unspecified atom stereocenters. The lowest BCUT2D eigenvalue weighted by atomic mass is 9.78. The molecule has 0 radical (unpaired) electrons. The monoisotopic (exact) mass is 283 g/mol. The SMILES string of the molecule is CC1CCCC(NCc2ccn(-c3ccccc3)n2)C1C. The summed E-state index contributed by atoms with van der Waals surface area (Å²) >= 11 is 0. The summed E-state index contributed by atoms with van der Waals surface area (Å²) in [5, 5.41) is 8.37. The first kappa shape index (κ1) is 14.3. The van der Waals surface area contributed by atoms with E-state index >= 15 is 0 Å². The fourth-order valence-corrected chi connectivity index (χ4v) is 3.29. The van der Waals surface area contributed by atoms with Gasteiger partial charge in [-0.15, -0.1) is 0 Å². The van der Waals surface area contributed by atoms with Crippen LogP contribution in [0.2, 0.25) is 0 Å². The van der Waals surface area contributed by atoms with E-state index in [1.807, 2.05) is 29.1 Å². The highest BCUT2D eigenvalue weighted by atomic mass is 15.3. The maximum atomic E-state index is 4.66. The van der Waals surface area contributed by atoms with Crippen molar-refractivity contribution in [3.63, 3.8) is 0 Å². The molecule has 3 nitrogen and oxygen atoms in total. The molecule has 0 saturated heterocycles. The summed E-state index contributed by atoms with van der Waals surface area (Å²) in [6.07, 6.45) is 6.06. The van der Waals surface area contributed by atoms with E-state index in [4.69, 9.17) is 0 Å². The molecule has 1 aromatic heterocycles. The van der Waals surface area contributed by atoms with Gasteiger partial charge in [0.25, 0.3) is 0 Å². The van der Waals surface area contributed by atoms with Crippen LogP contribution in [0.15, 0.2) is 42.6 Å². The van der Waals surface area contributed by atoms with Gasteiger partial charge >= 0.3 is 0 Å². The lowest BCUT2D eigenvalue weighted by Crippen LogP contribution is -2.40. The third kappa shape index (κ3) is 3.35. The number of benzene rings is 1. The van der Waals surface area contributed by atoms with Crippen molar-refractivity contribution in [1.82, 2.24) is 15.1 Å². The molecule has 1 N–H and O–H groups in total. The van der Waals surface area contributed by atoms with Crippen molar-refractivity contribution in [3.05, 3.63) is 48.3 Å². The van der Waals surface area contributed by atoms with Gasteiger partial charge in [0, 0.05) is 18.8 Å². The molecule has 1 heterocycles. The normalized spacial score (nSPS) is 25.9. The van der Waals surface area contributed by atoms with Crippen LogP contribution in [-0.2, 0) is 6.54 Å². The van der Waals surface area contributed by atoms with Gasteiger partial charge in [-0.3, -0.25) is 0 Å². The van der Waals surface area contributed by atoms with Crippen LogP contribution in [-0.4, -0.2) is 15.8 Å². The fraction of sp³-hybridized carbons (Fsp3) is 0.500. The molecule has 1 aliphatic rings. The van der Waals surface area contributed by atoms with E-state index in [1.54, 1.807) is 0 Å². The third-order valence-corrected chi connectivity index (χ3v) is 4.92. The van der Waals surface area contributed by atoms with E-state index in [2.05, 4.69) is 42.5 Å². The summed E-state index contributed by atoms with van der Waals surface area (Å²) in [6, 6.07) is 13.0. The van der Waals surface area contributed by atoms with Gasteiger partial charge in [0.2, 0.25) is 0 Å². The smallest absolute Gasteiger partial charge is 0.0766 e. The van der Waals surface area contributed by atoms with Gasteiger partial charge in [0.15, 0.2) is 0 Å². The van der Waals surface area contributed by atoms with Crippen LogP contribution in [0.4, 0.5) is 0 Å². The van der Waals surface area contributed by atoms with E-state index in [9.17, 15) is 0 Å². The van der Waals surface area contributed by atoms with Crippen molar-refractivity contribution >= 4 is 0 Å². The molecule has 1 fully saturated rings. The molecule has 112 valence electrons. The Bertz CT molecular complexity index is 561. The minimum atomic E-state index is 0.635. The number of para-hydroxylation sites is 1. The summed E-state index contributed by atoms with van der Waals surface area (Å²) in [6.45, 7) is 5.62. The number of nitrogens with zero attached hydrogens (tertiary/aromatic N) is 2. The average molecular weight is 283 g/mol. The molecule has 0 aliphatic heterocycles. The first-order valence-corrected chi connectivity index (χ1v) is 8.07. The predicted molar refractivity (Wildman–Crippen MR) is 86.4 cm³/mol. The molecule has 1 aromatic carbocycles. The van der Waals surface area contributed by atoms with Gasteiger partial charge in [-0.25, -0.2) is 4.68 Å². The molecule has 0 amide bonds. The maximum absolute atomic E-state index is 4.66. The van der Waals surface area contributed by atoms with Crippen molar-refractivity contribution in [2.75, 3.05) is 0 Å². The first-order valence-electron chi connectivity index (χ1n) is 8.07. The van der Waals surface area contributed by atoms with Gasteiger partial charge in [0.05, 0.1) is 11.4 Å². The molecule has 2 aromatic rings. The van der Waals surface area contributed by atoms with Gasteiger partial charge in [-0.1, -0.05) is 44.9 Å².